The Morgan fingerprint density at radius 1 is 1.00 bits per heavy atom. The summed E-state index contributed by atoms with van der Waals surface area (Å²) in [4.78, 5) is 14.0. The van der Waals surface area contributed by atoms with Gasteiger partial charge in [-0.05, 0) is 36.9 Å². The van der Waals surface area contributed by atoms with E-state index in [0.29, 0.717) is 12.5 Å². The van der Waals surface area contributed by atoms with Crippen LogP contribution in [0.3, 0.4) is 0 Å². The fraction of sp³-hybridized carbons (Fsp3) is 0.250. The highest BCUT2D eigenvalue weighted by Crippen LogP contribution is 2.26. The van der Waals surface area contributed by atoms with Crippen LogP contribution >= 0.6 is 0 Å². The molecule has 0 atom stereocenters. The van der Waals surface area contributed by atoms with Gasteiger partial charge in [0.15, 0.2) is 5.65 Å². The van der Waals surface area contributed by atoms with Gasteiger partial charge in [-0.1, -0.05) is 12.1 Å². The lowest BCUT2D eigenvalue weighted by molar-refractivity contribution is 0.312. The number of hydrogen-bond donors (Lipinski definition) is 1. The summed E-state index contributed by atoms with van der Waals surface area (Å²) in [5, 5.41) is 13.0. The van der Waals surface area contributed by atoms with E-state index in [0.717, 1.165) is 65.3 Å². The number of pyridine rings is 1. The van der Waals surface area contributed by atoms with Crippen molar-refractivity contribution < 1.29 is 4.42 Å². The highest BCUT2D eigenvalue weighted by Gasteiger charge is 2.16. The van der Waals surface area contributed by atoms with Gasteiger partial charge in [0.25, 0.3) is 0 Å². The van der Waals surface area contributed by atoms with Crippen LogP contribution < -0.4 is 10.2 Å². The smallest absolute Gasteiger partial charge is 0.210 e. The van der Waals surface area contributed by atoms with Crippen LogP contribution in [0.1, 0.15) is 5.56 Å². The summed E-state index contributed by atoms with van der Waals surface area (Å²) in [5.41, 5.74) is 4.61. The van der Waals surface area contributed by atoms with Gasteiger partial charge in [0.05, 0.1) is 6.26 Å². The molecule has 1 aliphatic heterocycles. The first-order chi connectivity index (χ1) is 16.3. The molecule has 0 saturated carbocycles. The lowest BCUT2D eigenvalue weighted by atomic mass is 10.1. The zero-order valence-corrected chi connectivity index (χ0v) is 18.3. The van der Waals surface area contributed by atoms with Crippen molar-refractivity contribution in [1.82, 2.24) is 29.5 Å². The van der Waals surface area contributed by atoms with Crippen LogP contribution in [0.2, 0.25) is 0 Å². The summed E-state index contributed by atoms with van der Waals surface area (Å²) >= 11 is 0. The molecule has 0 spiro atoms. The molecule has 5 aromatic rings. The van der Waals surface area contributed by atoms with Gasteiger partial charge in [0.2, 0.25) is 5.95 Å². The van der Waals surface area contributed by atoms with Crippen LogP contribution in [0.5, 0.6) is 0 Å². The minimum Gasteiger partial charge on any atom is -0.464 e. The monoisotopic (exact) mass is 440 g/mol. The van der Waals surface area contributed by atoms with E-state index < -0.39 is 0 Å². The third-order valence-electron chi connectivity index (χ3n) is 6.24. The third kappa shape index (κ3) is 3.66. The SMILES string of the molecule is CN1CCN(c2ccc(-c3cnc(NCc4cccc5occc45)n4cnnc34)cn2)CC1. The minimum atomic E-state index is 0.609. The van der Waals surface area contributed by atoms with Gasteiger partial charge in [0, 0.05) is 61.6 Å². The number of furan rings is 1. The predicted molar refractivity (Wildman–Crippen MR) is 127 cm³/mol. The van der Waals surface area contributed by atoms with Crippen LogP contribution in [0, 0.1) is 0 Å². The van der Waals surface area contributed by atoms with Crippen molar-refractivity contribution in [2.24, 2.45) is 0 Å². The van der Waals surface area contributed by atoms with Crippen LogP contribution in [0.15, 0.2) is 65.8 Å². The molecule has 0 unspecified atom stereocenters. The largest absolute Gasteiger partial charge is 0.464 e. The molecule has 0 amide bonds. The molecule has 1 saturated heterocycles. The molecule has 1 N–H and O–H groups in total. The van der Waals surface area contributed by atoms with Crippen molar-refractivity contribution in [2.45, 2.75) is 6.54 Å². The number of rotatable bonds is 5. The third-order valence-corrected chi connectivity index (χ3v) is 6.24. The summed E-state index contributed by atoms with van der Waals surface area (Å²) in [5.74, 6) is 1.69. The van der Waals surface area contributed by atoms with Gasteiger partial charge in [-0.15, -0.1) is 10.2 Å². The fourth-order valence-electron chi connectivity index (χ4n) is 4.31. The van der Waals surface area contributed by atoms with E-state index in [-0.39, 0.29) is 0 Å². The van der Waals surface area contributed by atoms with E-state index in [2.05, 4.69) is 55.5 Å². The normalized spacial score (nSPS) is 14.9. The Labute approximate surface area is 190 Å². The summed E-state index contributed by atoms with van der Waals surface area (Å²) in [6.07, 6.45) is 7.12. The molecule has 1 aromatic carbocycles. The van der Waals surface area contributed by atoms with Crippen molar-refractivity contribution in [2.75, 3.05) is 43.4 Å². The van der Waals surface area contributed by atoms with E-state index in [9.17, 15) is 0 Å². The number of hydrogen-bond acceptors (Lipinski definition) is 8. The topological polar surface area (TPSA) is 87.6 Å². The maximum atomic E-state index is 5.51. The standard InChI is InChI=1S/C24H24N8O/c1-30-8-10-31(11-9-30)22-6-5-18(13-25-22)20-15-27-24(32-16-28-29-23(20)32)26-14-17-3-2-4-21-19(17)7-12-33-21/h2-7,12-13,15-16H,8-11,14H2,1H3,(H,26,27). The van der Waals surface area contributed by atoms with Gasteiger partial charge < -0.3 is 19.5 Å². The maximum absolute atomic E-state index is 5.51. The van der Waals surface area contributed by atoms with Gasteiger partial charge in [-0.2, -0.15) is 0 Å². The van der Waals surface area contributed by atoms with E-state index in [4.69, 9.17) is 9.40 Å². The average molecular weight is 441 g/mol. The van der Waals surface area contributed by atoms with Crippen LogP contribution in [-0.4, -0.2) is 62.7 Å². The second-order valence-corrected chi connectivity index (χ2v) is 8.32. The minimum absolute atomic E-state index is 0.609. The fourth-order valence-corrected chi connectivity index (χ4v) is 4.31. The number of benzene rings is 1. The van der Waals surface area contributed by atoms with Gasteiger partial charge >= 0.3 is 0 Å². The Morgan fingerprint density at radius 3 is 2.76 bits per heavy atom. The molecule has 33 heavy (non-hydrogen) atoms. The molecule has 1 fully saturated rings. The van der Waals surface area contributed by atoms with Crippen LogP contribution in [0.4, 0.5) is 11.8 Å². The molecular weight excluding hydrogens is 416 g/mol. The zero-order chi connectivity index (χ0) is 22.2. The van der Waals surface area contributed by atoms with Gasteiger partial charge in [0.1, 0.15) is 17.7 Å². The molecule has 9 heteroatoms. The number of aromatic nitrogens is 5. The Hall–Kier alpha value is -3.98. The predicted octanol–water partition coefficient (Wildman–Crippen LogP) is 3.30. The van der Waals surface area contributed by atoms with Crippen molar-refractivity contribution in [3.05, 3.63) is 66.9 Å². The molecule has 6 rings (SSSR count). The maximum Gasteiger partial charge on any atom is 0.210 e. The molecule has 0 aliphatic carbocycles. The first kappa shape index (κ1) is 19.7. The van der Waals surface area contributed by atoms with Crippen molar-refractivity contribution in [3.63, 3.8) is 0 Å². The lowest BCUT2D eigenvalue weighted by Crippen LogP contribution is -2.44. The second kappa shape index (κ2) is 8.18. The van der Waals surface area contributed by atoms with E-state index in [1.807, 2.05) is 35.0 Å². The second-order valence-electron chi connectivity index (χ2n) is 8.32. The Balaban J connectivity index is 1.25. The van der Waals surface area contributed by atoms with Crippen LogP contribution in [0.25, 0.3) is 27.7 Å². The molecule has 0 radical (unpaired) electrons. The summed E-state index contributed by atoms with van der Waals surface area (Å²) in [6.45, 7) is 4.70. The van der Waals surface area contributed by atoms with Crippen molar-refractivity contribution in [1.29, 1.82) is 0 Å². The molecule has 0 bridgehead atoms. The lowest BCUT2D eigenvalue weighted by Gasteiger charge is -2.33. The molecule has 9 nitrogen and oxygen atoms in total. The number of likely N-dealkylation sites (N-methyl/N-ethyl adjacent to an activating group) is 1. The summed E-state index contributed by atoms with van der Waals surface area (Å²) < 4.78 is 7.38. The summed E-state index contributed by atoms with van der Waals surface area (Å²) in [7, 11) is 2.15. The zero-order valence-electron chi connectivity index (χ0n) is 18.3. The van der Waals surface area contributed by atoms with E-state index in [1.54, 1.807) is 12.6 Å². The average Bonchev–Trinajstić information content (AvgIpc) is 3.53. The summed E-state index contributed by atoms with van der Waals surface area (Å²) in [6, 6.07) is 12.2. The van der Waals surface area contributed by atoms with Gasteiger partial charge in [-0.25, -0.2) is 9.97 Å². The highest BCUT2D eigenvalue weighted by atomic mass is 16.3. The number of nitrogens with zero attached hydrogens (tertiary/aromatic N) is 7. The van der Waals surface area contributed by atoms with Crippen molar-refractivity contribution >= 4 is 28.4 Å². The molecule has 166 valence electrons. The van der Waals surface area contributed by atoms with E-state index >= 15 is 0 Å². The molecule has 4 aromatic heterocycles. The first-order valence-electron chi connectivity index (χ1n) is 11.0. The van der Waals surface area contributed by atoms with Gasteiger partial charge in [-0.3, -0.25) is 4.40 Å². The molecule has 1 aliphatic rings. The quantitative estimate of drug-likeness (QED) is 0.445. The Morgan fingerprint density at radius 2 is 1.91 bits per heavy atom. The van der Waals surface area contributed by atoms with Crippen molar-refractivity contribution in [3.8, 4) is 11.1 Å². The number of piperazine rings is 1. The highest BCUT2D eigenvalue weighted by molar-refractivity contribution is 5.81. The Kier molecular flexibility index (Phi) is 4.88. The van der Waals surface area contributed by atoms with E-state index in [1.165, 1.54) is 0 Å². The number of anilines is 2. The van der Waals surface area contributed by atoms with Crippen LogP contribution in [-0.2, 0) is 6.54 Å². The number of fused-ring (bicyclic) bond motifs is 2. The molecule has 5 heterocycles. The Bertz CT molecular complexity index is 1400. The molecular formula is C24H24N8O. The first-order valence-corrected chi connectivity index (χ1v) is 11.0. The number of nitrogens with one attached hydrogen (secondary N) is 1.